The number of pyridine rings is 1. The minimum atomic E-state index is -0.655. The number of aromatic nitrogens is 3. The van der Waals surface area contributed by atoms with Crippen molar-refractivity contribution in [3.63, 3.8) is 0 Å². The van der Waals surface area contributed by atoms with E-state index in [1.165, 1.54) is 22.8 Å². The van der Waals surface area contributed by atoms with E-state index in [4.69, 9.17) is 23.2 Å². The minimum Gasteiger partial charge on any atom is -0.349 e. The first-order valence-corrected chi connectivity index (χ1v) is 10.5. The van der Waals surface area contributed by atoms with Gasteiger partial charge in [0.15, 0.2) is 0 Å². The van der Waals surface area contributed by atoms with Crippen LogP contribution in [0.4, 0.5) is 0 Å². The first-order valence-electron chi connectivity index (χ1n) is 9.73. The lowest BCUT2D eigenvalue weighted by atomic mass is 10.1. The summed E-state index contributed by atoms with van der Waals surface area (Å²) in [6, 6.07) is 15.0. The molecule has 0 radical (unpaired) electrons. The van der Waals surface area contributed by atoms with Crippen molar-refractivity contribution in [3.8, 4) is 5.69 Å². The minimum absolute atomic E-state index is 0.208. The van der Waals surface area contributed by atoms with Gasteiger partial charge in [0.1, 0.15) is 6.54 Å². The lowest BCUT2D eigenvalue weighted by Crippen LogP contribution is -2.41. The summed E-state index contributed by atoms with van der Waals surface area (Å²) in [6.07, 6.45) is 1.63. The number of nitrogens with zero attached hydrogens (tertiary/aromatic N) is 3. The molecule has 0 saturated heterocycles. The van der Waals surface area contributed by atoms with Crippen LogP contribution in [-0.2, 0) is 17.9 Å². The molecule has 1 amide bonds. The molecule has 4 rings (SSSR count). The van der Waals surface area contributed by atoms with E-state index in [9.17, 15) is 14.4 Å². The second kappa shape index (κ2) is 8.98. The van der Waals surface area contributed by atoms with Crippen LogP contribution in [0.25, 0.3) is 16.6 Å². The van der Waals surface area contributed by atoms with Gasteiger partial charge in [0.05, 0.1) is 38.9 Å². The number of nitrogens with one attached hydrogen (secondary N) is 1. The Morgan fingerprint density at radius 2 is 1.84 bits per heavy atom. The molecule has 2 aromatic heterocycles. The summed E-state index contributed by atoms with van der Waals surface area (Å²) in [6.45, 7) is 1.79. The van der Waals surface area contributed by atoms with E-state index in [1.54, 1.807) is 36.5 Å². The van der Waals surface area contributed by atoms with Gasteiger partial charge in [0.2, 0.25) is 5.91 Å². The number of carbonyl (C=O) groups is 1. The van der Waals surface area contributed by atoms with Crippen molar-refractivity contribution in [2.24, 2.45) is 0 Å². The third-order valence-electron chi connectivity index (χ3n) is 4.95. The van der Waals surface area contributed by atoms with Gasteiger partial charge < -0.3 is 5.32 Å². The van der Waals surface area contributed by atoms with Gasteiger partial charge in [-0.1, -0.05) is 40.9 Å². The lowest BCUT2D eigenvalue weighted by molar-refractivity contribution is -0.121. The molecule has 9 heteroatoms. The van der Waals surface area contributed by atoms with Crippen molar-refractivity contribution in [3.05, 3.63) is 103 Å². The molecule has 0 aliphatic heterocycles. The summed E-state index contributed by atoms with van der Waals surface area (Å²) in [5, 5.41) is 3.58. The van der Waals surface area contributed by atoms with Crippen LogP contribution >= 0.6 is 23.2 Å². The fraction of sp³-hybridized carbons (Fsp3) is 0.130. The Kier molecular flexibility index (Phi) is 6.12. The first-order chi connectivity index (χ1) is 15.3. The Balaban J connectivity index is 1.80. The highest BCUT2D eigenvalue weighted by Gasteiger charge is 2.17. The molecule has 32 heavy (non-hydrogen) atoms. The van der Waals surface area contributed by atoms with Crippen LogP contribution in [0.15, 0.2) is 70.4 Å². The Morgan fingerprint density at radius 1 is 1.03 bits per heavy atom. The van der Waals surface area contributed by atoms with Crippen molar-refractivity contribution < 1.29 is 4.79 Å². The Morgan fingerprint density at radius 3 is 2.56 bits per heavy atom. The van der Waals surface area contributed by atoms with Gasteiger partial charge >= 0.3 is 5.69 Å². The predicted molar refractivity (Wildman–Crippen MR) is 125 cm³/mol. The second-order valence-electron chi connectivity index (χ2n) is 7.23. The van der Waals surface area contributed by atoms with E-state index in [1.807, 2.05) is 13.0 Å². The van der Waals surface area contributed by atoms with Gasteiger partial charge in [-0.2, -0.15) is 0 Å². The van der Waals surface area contributed by atoms with Gasteiger partial charge in [-0.3, -0.25) is 19.1 Å². The summed E-state index contributed by atoms with van der Waals surface area (Å²) in [4.78, 5) is 43.4. The SMILES string of the molecule is Cc1ccc2c(c1)c(=O)n(-c1ccc(Cl)c(Cl)c1)c(=O)n2CC(=O)NCc1ccccn1. The molecule has 162 valence electrons. The molecule has 4 aromatic rings. The maximum atomic E-state index is 13.4. The van der Waals surface area contributed by atoms with Gasteiger partial charge in [0, 0.05) is 6.20 Å². The van der Waals surface area contributed by atoms with Crippen molar-refractivity contribution in [2.75, 3.05) is 0 Å². The van der Waals surface area contributed by atoms with E-state index < -0.39 is 11.2 Å². The number of amides is 1. The average molecular weight is 469 g/mol. The molecule has 0 unspecified atom stereocenters. The lowest BCUT2D eigenvalue weighted by Gasteiger charge is -2.15. The largest absolute Gasteiger partial charge is 0.349 e. The van der Waals surface area contributed by atoms with Crippen molar-refractivity contribution in [1.29, 1.82) is 0 Å². The smallest absolute Gasteiger partial charge is 0.336 e. The van der Waals surface area contributed by atoms with Gasteiger partial charge in [-0.25, -0.2) is 9.36 Å². The predicted octanol–water partition coefficient (Wildman–Crippen LogP) is 3.48. The molecule has 7 nitrogen and oxygen atoms in total. The van der Waals surface area contributed by atoms with Crippen LogP contribution < -0.4 is 16.6 Å². The maximum Gasteiger partial charge on any atom is 0.336 e. The third-order valence-corrected chi connectivity index (χ3v) is 5.69. The summed E-state index contributed by atoms with van der Waals surface area (Å²) >= 11 is 12.1. The quantitative estimate of drug-likeness (QED) is 0.485. The monoisotopic (exact) mass is 468 g/mol. The topological polar surface area (TPSA) is 86.0 Å². The van der Waals surface area contributed by atoms with Crippen LogP contribution in [0, 0.1) is 6.92 Å². The number of benzene rings is 2. The van der Waals surface area contributed by atoms with Gasteiger partial charge in [-0.15, -0.1) is 0 Å². The second-order valence-corrected chi connectivity index (χ2v) is 8.04. The Hall–Kier alpha value is -3.42. The number of carbonyl (C=O) groups excluding carboxylic acids is 1. The molecule has 0 spiro atoms. The molecule has 0 saturated carbocycles. The molecule has 0 aliphatic rings. The van der Waals surface area contributed by atoms with Crippen molar-refractivity contribution in [1.82, 2.24) is 19.4 Å². The Labute approximate surface area is 192 Å². The summed E-state index contributed by atoms with van der Waals surface area (Å²) < 4.78 is 2.27. The molecular formula is C23H18Cl2N4O3. The summed E-state index contributed by atoms with van der Waals surface area (Å²) in [5.74, 6) is -0.390. The van der Waals surface area contributed by atoms with E-state index in [0.717, 1.165) is 10.1 Å². The number of halogens is 2. The van der Waals surface area contributed by atoms with E-state index in [2.05, 4.69) is 10.3 Å². The van der Waals surface area contributed by atoms with Crippen LogP contribution in [0.3, 0.4) is 0 Å². The normalized spacial score (nSPS) is 11.0. The number of rotatable bonds is 5. The maximum absolute atomic E-state index is 13.4. The van der Waals surface area contributed by atoms with Crippen LogP contribution in [0.1, 0.15) is 11.3 Å². The van der Waals surface area contributed by atoms with E-state index in [-0.39, 0.29) is 29.7 Å². The Bertz CT molecular complexity index is 1450. The van der Waals surface area contributed by atoms with Gasteiger partial charge in [-0.05, 0) is 49.4 Å². The third kappa shape index (κ3) is 4.30. The molecule has 2 heterocycles. The molecule has 2 aromatic carbocycles. The molecule has 0 aliphatic carbocycles. The van der Waals surface area contributed by atoms with Crippen LogP contribution in [0.2, 0.25) is 10.0 Å². The number of hydrogen-bond donors (Lipinski definition) is 1. The highest BCUT2D eigenvalue weighted by molar-refractivity contribution is 6.42. The first kappa shape index (κ1) is 21.8. The number of fused-ring (bicyclic) bond motifs is 1. The standard InChI is InChI=1S/C23H18Cl2N4O3/c1-14-5-8-20-17(10-14)22(31)29(16-6-7-18(24)19(25)11-16)23(32)28(20)13-21(30)27-12-15-4-2-3-9-26-15/h2-11H,12-13H2,1H3,(H,27,30). The zero-order chi connectivity index (χ0) is 22.8. The molecule has 0 atom stereocenters. The summed E-state index contributed by atoms with van der Waals surface area (Å²) in [7, 11) is 0. The highest BCUT2D eigenvalue weighted by Crippen LogP contribution is 2.23. The van der Waals surface area contributed by atoms with Crippen LogP contribution in [0.5, 0.6) is 0 Å². The fourth-order valence-corrected chi connectivity index (χ4v) is 3.68. The van der Waals surface area contributed by atoms with E-state index in [0.29, 0.717) is 21.6 Å². The number of hydrogen-bond acceptors (Lipinski definition) is 4. The van der Waals surface area contributed by atoms with E-state index >= 15 is 0 Å². The summed E-state index contributed by atoms with van der Waals surface area (Å²) in [5.41, 5.74) is 1.01. The van der Waals surface area contributed by atoms with Crippen molar-refractivity contribution in [2.45, 2.75) is 20.0 Å². The fourth-order valence-electron chi connectivity index (χ4n) is 3.38. The van der Waals surface area contributed by atoms with Crippen LogP contribution in [-0.4, -0.2) is 20.0 Å². The zero-order valence-electron chi connectivity index (χ0n) is 17.0. The van der Waals surface area contributed by atoms with Gasteiger partial charge in [0.25, 0.3) is 5.56 Å². The molecule has 0 fully saturated rings. The molecule has 0 bridgehead atoms. The average Bonchev–Trinajstić information content (AvgIpc) is 2.78. The molecular weight excluding hydrogens is 451 g/mol. The molecule has 1 N–H and O–H groups in total. The highest BCUT2D eigenvalue weighted by atomic mass is 35.5. The zero-order valence-corrected chi connectivity index (χ0v) is 18.5. The number of aryl methyl sites for hydroxylation is 1. The van der Waals surface area contributed by atoms with Crippen molar-refractivity contribution >= 4 is 40.0 Å².